The third-order valence-corrected chi connectivity index (χ3v) is 2.46. The Morgan fingerprint density at radius 1 is 1.07 bits per heavy atom. The normalized spacial score (nSPS) is 10.4. The summed E-state index contributed by atoms with van der Waals surface area (Å²) in [7, 11) is 0. The minimum Gasteiger partial charge on any atom is -0.298 e. The van der Waals surface area contributed by atoms with Crippen molar-refractivity contribution in [2.75, 3.05) is 0 Å². The van der Waals surface area contributed by atoms with Crippen molar-refractivity contribution in [2.45, 2.75) is 13.8 Å². The largest absolute Gasteiger partial charge is 0.298 e. The second-order valence-electron chi connectivity index (χ2n) is 3.68. The molecule has 2 rings (SSSR count). The molecule has 1 heteroatoms. The van der Waals surface area contributed by atoms with Crippen LogP contribution in [0.15, 0.2) is 30.3 Å². The molecule has 0 saturated carbocycles. The summed E-state index contributed by atoms with van der Waals surface area (Å²) < 4.78 is 0. The fourth-order valence-corrected chi connectivity index (χ4v) is 1.84. The molecule has 0 aliphatic heterocycles. The van der Waals surface area contributed by atoms with Gasteiger partial charge in [0, 0.05) is 5.56 Å². The lowest BCUT2D eigenvalue weighted by atomic mass is 10.0. The van der Waals surface area contributed by atoms with Gasteiger partial charge < -0.3 is 0 Å². The van der Waals surface area contributed by atoms with Gasteiger partial charge in [-0.15, -0.1) is 0 Å². The Hall–Kier alpha value is -1.63. The van der Waals surface area contributed by atoms with Crippen molar-refractivity contribution in [2.24, 2.45) is 0 Å². The third kappa shape index (κ3) is 1.41. The molecule has 0 aliphatic rings. The number of fused-ring (bicyclic) bond motifs is 1. The van der Waals surface area contributed by atoms with E-state index in [1.807, 2.05) is 18.2 Å². The summed E-state index contributed by atoms with van der Waals surface area (Å²) in [6.45, 7) is 4.16. The fraction of sp³-hybridized carbons (Fsp3) is 0.154. The van der Waals surface area contributed by atoms with Gasteiger partial charge in [-0.05, 0) is 36.2 Å². The number of benzene rings is 2. The van der Waals surface area contributed by atoms with E-state index in [4.69, 9.17) is 0 Å². The number of hydrogen-bond acceptors (Lipinski definition) is 1. The molecule has 70 valence electrons. The van der Waals surface area contributed by atoms with Gasteiger partial charge in [0.25, 0.3) is 0 Å². The van der Waals surface area contributed by atoms with Crippen LogP contribution in [0, 0.1) is 13.8 Å². The van der Waals surface area contributed by atoms with Crippen LogP contribution in [0.2, 0.25) is 0 Å². The summed E-state index contributed by atoms with van der Waals surface area (Å²) in [5.74, 6) is 0. The van der Waals surface area contributed by atoms with Crippen molar-refractivity contribution in [3.05, 3.63) is 47.0 Å². The van der Waals surface area contributed by atoms with Gasteiger partial charge in [-0.2, -0.15) is 0 Å². The van der Waals surface area contributed by atoms with Crippen LogP contribution in [0.3, 0.4) is 0 Å². The smallest absolute Gasteiger partial charge is 0.150 e. The first-order valence-electron chi connectivity index (χ1n) is 4.67. The topological polar surface area (TPSA) is 17.1 Å². The van der Waals surface area contributed by atoms with Gasteiger partial charge in [0.05, 0.1) is 0 Å². The maximum Gasteiger partial charge on any atom is 0.150 e. The second-order valence-corrected chi connectivity index (χ2v) is 3.68. The van der Waals surface area contributed by atoms with Gasteiger partial charge >= 0.3 is 0 Å². The van der Waals surface area contributed by atoms with Gasteiger partial charge in [0.15, 0.2) is 0 Å². The lowest BCUT2D eigenvalue weighted by Crippen LogP contribution is -1.84. The third-order valence-electron chi connectivity index (χ3n) is 2.46. The van der Waals surface area contributed by atoms with Crippen LogP contribution < -0.4 is 0 Å². The molecule has 0 bridgehead atoms. The van der Waals surface area contributed by atoms with Gasteiger partial charge in [0.1, 0.15) is 6.29 Å². The molecule has 0 heterocycles. The predicted octanol–water partition coefficient (Wildman–Crippen LogP) is 3.27. The van der Waals surface area contributed by atoms with Crippen molar-refractivity contribution in [3.63, 3.8) is 0 Å². The minimum atomic E-state index is 0.738. The molecule has 0 aromatic heterocycles. The number of rotatable bonds is 1. The molecule has 0 saturated heterocycles. The molecule has 0 N–H and O–H groups in total. The molecule has 2 aromatic rings. The fourth-order valence-electron chi connectivity index (χ4n) is 1.84. The molecule has 0 radical (unpaired) electrons. The first kappa shape index (κ1) is 8.95. The van der Waals surface area contributed by atoms with Crippen LogP contribution in [-0.2, 0) is 0 Å². The Bertz CT molecular complexity index is 498. The average Bonchev–Trinajstić information content (AvgIpc) is 2.16. The van der Waals surface area contributed by atoms with Crippen LogP contribution >= 0.6 is 0 Å². The van der Waals surface area contributed by atoms with E-state index in [0.29, 0.717) is 0 Å². The standard InChI is InChI=1S/C13H12O/c1-9-5-10(2)13-4-3-11(8-14)7-12(13)6-9/h3-8H,1-2H3. The van der Waals surface area contributed by atoms with Crippen molar-refractivity contribution in [1.29, 1.82) is 0 Å². The maximum absolute atomic E-state index is 10.6. The monoisotopic (exact) mass is 184 g/mol. The van der Waals surface area contributed by atoms with Gasteiger partial charge in [0.2, 0.25) is 0 Å². The summed E-state index contributed by atoms with van der Waals surface area (Å²) in [4.78, 5) is 10.6. The van der Waals surface area contributed by atoms with Crippen LogP contribution in [0.5, 0.6) is 0 Å². The highest BCUT2D eigenvalue weighted by Gasteiger charge is 1.99. The Labute approximate surface area is 83.4 Å². The minimum absolute atomic E-state index is 0.738. The summed E-state index contributed by atoms with van der Waals surface area (Å²) in [5, 5.41) is 2.37. The predicted molar refractivity (Wildman–Crippen MR) is 58.8 cm³/mol. The zero-order valence-corrected chi connectivity index (χ0v) is 8.37. The molecule has 2 aromatic carbocycles. The molecule has 1 nitrogen and oxygen atoms in total. The summed E-state index contributed by atoms with van der Waals surface area (Å²) in [6, 6.07) is 10.1. The number of aryl methyl sites for hydroxylation is 2. The Morgan fingerprint density at radius 2 is 1.86 bits per heavy atom. The van der Waals surface area contributed by atoms with E-state index in [0.717, 1.165) is 17.2 Å². The molecule has 0 amide bonds. The Balaban J connectivity index is 2.81. The zero-order chi connectivity index (χ0) is 10.1. The maximum atomic E-state index is 10.6. The van der Waals surface area contributed by atoms with Gasteiger partial charge in [-0.3, -0.25) is 4.79 Å². The van der Waals surface area contributed by atoms with Crippen LogP contribution in [-0.4, -0.2) is 6.29 Å². The van der Waals surface area contributed by atoms with Crippen LogP contribution in [0.4, 0.5) is 0 Å². The second kappa shape index (κ2) is 3.26. The summed E-state index contributed by atoms with van der Waals surface area (Å²) >= 11 is 0. The van der Waals surface area contributed by atoms with Crippen molar-refractivity contribution in [3.8, 4) is 0 Å². The van der Waals surface area contributed by atoms with E-state index in [-0.39, 0.29) is 0 Å². The average molecular weight is 184 g/mol. The summed E-state index contributed by atoms with van der Waals surface area (Å²) in [5.41, 5.74) is 3.23. The van der Waals surface area contributed by atoms with E-state index in [2.05, 4.69) is 26.0 Å². The summed E-state index contributed by atoms with van der Waals surface area (Å²) in [6.07, 6.45) is 0.886. The highest BCUT2D eigenvalue weighted by molar-refractivity contribution is 5.91. The molecule has 0 unspecified atom stereocenters. The SMILES string of the molecule is Cc1cc(C)c2ccc(C=O)cc2c1. The van der Waals surface area contributed by atoms with Crippen molar-refractivity contribution in [1.82, 2.24) is 0 Å². The van der Waals surface area contributed by atoms with E-state index in [1.54, 1.807) is 0 Å². The number of aldehydes is 1. The molecule has 0 spiro atoms. The first-order chi connectivity index (χ1) is 6.70. The molecule has 0 atom stereocenters. The molecule has 0 fully saturated rings. The van der Waals surface area contributed by atoms with Gasteiger partial charge in [-0.1, -0.05) is 29.8 Å². The molecule has 0 aliphatic carbocycles. The van der Waals surface area contributed by atoms with E-state index in [9.17, 15) is 4.79 Å². The highest BCUT2D eigenvalue weighted by atomic mass is 16.1. The quantitative estimate of drug-likeness (QED) is 0.622. The lowest BCUT2D eigenvalue weighted by Gasteiger charge is -2.04. The van der Waals surface area contributed by atoms with E-state index >= 15 is 0 Å². The number of carbonyl (C=O) groups is 1. The number of carbonyl (C=O) groups excluding carboxylic acids is 1. The highest BCUT2D eigenvalue weighted by Crippen LogP contribution is 2.21. The van der Waals surface area contributed by atoms with E-state index < -0.39 is 0 Å². The molecular formula is C13H12O. The Kier molecular flexibility index (Phi) is 2.08. The first-order valence-corrected chi connectivity index (χ1v) is 4.67. The van der Waals surface area contributed by atoms with Crippen LogP contribution in [0.1, 0.15) is 21.5 Å². The van der Waals surface area contributed by atoms with E-state index in [1.165, 1.54) is 16.5 Å². The van der Waals surface area contributed by atoms with Crippen molar-refractivity contribution >= 4 is 17.1 Å². The Morgan fingerprint density at radius 3 is 2.57 bits per heavy atom. The molecule has 14 heavy (non-hydrogen) atoms. The molecular weight excluding hydrogens is 172 g/mol. The van der Waals surface area contributed by atoms with Crippen LogP contribution in [0.25, 0.3) is 10.8 Å². The van der Waals surface area contributed by atoms with Crippen molar-refractivity contribution < 1.29 is 4.79 Å². The van der Waals surface area contributed by atoms with Gasteiger partial charge in [-0.25, -0.2) is 0 Å². The lowest BCUT2D eigenvalue weighted by molar-refractivity contribution is 0.112. The zero-order valence-electron chi connectivity index (χ0n) is 8.37. The number of hydrogen-bond donors (Lipinski definition) is 0.